The molecular formula is C24H38O. The number of ketones is 1. The van der Waals surface area contributed by atoms with Gasteiger partial charge in [-0.15, -0.1) is 0 Å². The Morgan fingerprint density at radius 3 is 2.44 bits per heavy atom. The largest absolute Gasteiger partial charge is 0.299 e. The molecule has 0 unspecified atom stereocenters. The lowest BCUT2D eigenvalue weighted by atomic mass is 9.55. The first-order chi connectivity index (χ1) is 11.7. The van der Waals surface area contributed by atoms with Crippen molar-refractivity contribution in [2.45, 2.75) is 86.0 Å². The van der Waals surface area contributed by atoms with Gasteiger partial charge in [-0.05, 0) is 97.7 Å². The van der Waals surface area contributed by atoms with Crippen LogP contribution in [0.2, 0.25) is 0 Å². The van der Waals surface area contributed by atoms with Gasteiger partial charge >= 0.3 is 0 Å². The highest BCUT2D eigenvalue weighted by Crippen LogP contribution is 2.77. The molecule has 0 aromatic rings. The van der Waals surface area contributed by atoms with Gasteiger partial charge in [0.1, 0.15) is 5.78 Å². The zero-order valence-electron chi connectivity index (χ0n) is 17.1. The number of carbonyl (C=O) groups excluding carboxylic acids is 1. The monoisotopic (exact) mass is 342 g/mol. The summed E-state index contributed by atoms with van der Waals surface area (Å²) in [5, 5.41) is 0. The molecule has 5 saturated carbocycles. The molecule has 1 heteroatoms. The van der Waals surface area contributed by atoms with Crippen LogP contribution >= 0.6 is 0 Å². The van der Waals surface area contributed by atoms with Gasteiger partial charge in [0.2, 0.25) is 0 Å². The Labute approximate surface area is 154 Å². The fraction of sp³-hybridized carbons (Fsp3) is 0.958. The average Bonchev–Trinajstić information content (AvgIpc) is 3.20. The van der Waals surface area contributed by atoms with Gasteiger partial charge in [-0.25, -0.2) is 0 Å². The van der Waals surface area contributed by atoms with E-state index < -0.39 is 0 Å². The Bertz CT molecular complexity index is 607. The summed E-state index contributed by atoms with van der Waals surface area (Å²) in [6, 6.07) is 0. The van der Waals surface area contributed by atoms with E-state index in [-0.39, 0.29) is 5.41 Å². The maximum absolute atomic E-state index is 13.9. The van der Waals surface area contributed by atoms with Gasteiger partial charge in [0.05, 0.1) is 0 Å². The Kier molecular flexibility index (Phi) is 3.32. The van der Waals surface area contributed by atoms with Gasteiger partial charge in [0.15, 0.2) is 0 Å². The van der Waals surface area contributed by atoms with Crippen LogP contribution in [0.3, 0.4) is 0 Å². The van der Waals surface area contributed by atoms with Crippen LogP contribution in [-0.2, 0) is 4.79 Å². The molecule has 0 radical (unpaired) electrons. The van der Waals surface area contributed by atoms with Crippen LogP contribution in [0.4, 0.5) is 0 Å². The highest BCUT2D eigenvalue weighted by atomic mass is 16.1. The highest BCUT2D eigenvalue weighted by molar-refractivity contribution is 5.92. The molecule has 5 aliphatic rings. The van der Waals surface area contributed by atoms with E-state index in [0.717, 1.165) is 29.5 Å². The molecule has 1 spiro atoms. The second kappa shape index (κ2) is 4.93. The predicted molar refractivity (Wildman–Crippen MR) is 102 cm³/mol. The lowest BCUT2D eigenvalue weighted by Crippen LogP contribution is -2.42. The van der Waals surface area contributed by atoms with Gasteiger partial charge in [0.25, 0.3) is 0 Å². The maximum atomic E-state index is 13.9. The lowest BCUT2D eigenvalue weighted by Gasteiger charge is -2.49. The lowest BCUT2D eigenvalue weighted by molar-refractivity contribution is -0.133. The van der Waals surface area contributed by atoms with Crippen molar-refractivity contribution in [2.24, 2.45) is 57.7 Å². The van der Waals surface area contributed by atoms with E-state index in [1.54, 1.807) is 0 Å². The fourth-order valence-electron chi connectivity index (χ4n) is 9.63. The van der Waals surface area contributed by atoms with Crippen LogP contribution in [0.25, 0.3) is 0 Å². The van der Waals surface area contributed by atoms with Crippen molar-refractivity contribution in [2.75, 3.05) is 0 Å². The van der Waals surface area contributed by atoms with E-state index in [0.29, 0.717) is 28.6 Å². The van der Waals surface area contributed by atoms with E-state index in [1.807, 2.05) is 0 Å². The van der Waals surface area contributed by atoms with Crippen LogP contribution in [0.5, 0.6) is 0 Å². The third-order valence-corrected chi connectivity index (χ3v) is 10.9. The first-order valence-corrected chi connectivity index (χ1v) is 11.3. The molecule has 9 atom stereocenters. The zero-order valence-corrected chi connectivity index (χ0v) is 17.1. The van der Waals surface area contributed by atoms with Crippen molar-refractivity contribution in [3.63, 3.8) is 0 Å². The van der Waals surface area contributed by atoms with E-state index >= 15 is 0 Å². The number of Topliss-reactive ketones (excluding diaryl/α,β-unsaturated/α-hetero) is 1. The molecule has 0 saturated heterocycles. The van der Waals surface area contributed by atoms with Gasteiger partial charge in [-0.1, -0.05) is 34.6 Å². The zero-order chi connectivity index (χ0) is 17.8. The topological polar surface area (TPSA) is 17.1 Å². The summed E-state index contributed by atoms with van der Waals surface area (Å²) < 4.78 is 0. The SMILES string of the molecule is CC(C)[C@@H]1CC[C@]2(C)C[C@@H]3[C@@H](C[C@@H]12)C(=O)[C@]12CC[C@@H](C)[C@@H]1CC[C@@]32C. The van der Waals surface area contributed by atoms with Crippen molar-refractivity contribution >= 4 is 5.78 Å². The Morgan fingerprint density at radius 1 is 0.960 bits per heavy atom. The van der Waals surface area contributed by atoms with Gasteiger partial charge < -0.3 is 0 Å². The highest BCUT2D eigenvalue weighted by Gasteiger charge is 2.75. The second-order valence-corrected chi connectivity index (χ2v) is 11.8. The minimum atomic E-state index is 0.0874. The summed E-state index contributed by atoms with van der Waals surface area (Å²) in [6.45, 7) is 12.4. The normalized spacial score (nSPS) is 59.8. The Morgan fingerprint density at radius 2 is 1.72 bits per heavy atom. The molecule has 1 nitrogen and oxygen atoms in total. The van der Waals surface area contributed by atoms with Crippen LogP contribution in [0, 0.1) is 57.7 Å². The molecule has 5 fully saturated rings. The number of hydrogen-bond donors (Lipinski definition) is 0. The van der Waals surface area contributed by atoms with Crippen LogP contribution in [0.1, 0.15) is 86.0 Å². The molecule has 0 aliphatic heterocycles. The third-order valence-electron chi connectivity index (χ3n) is 10.9. The smallest absolute Gasteiger partial charge is 0.143 e. The van der Waals surface area contributed by atoms with Crippen molar-refractivity contribution in [1.82, 2.24) is 0 Å². The van der Waals surface area contributed by atoms with Crippen LogP contribution in [0.15, 0.2) is 0 Å². The summed E-state index contributed by atoms with van der Waals surface area (Å²) in [6.07, 6.45) is 10.6. The van der Waals surface area contributed by atoms with Crippen molar-refractivity contribution in [1.29, 1.82) is 0 Å². The van der Waals surface area contributed by atoms with E-state index in [9.17, 15) is 4.79 Å². The molecule has 0 bridgehead atoms. The molecule has 5 aliphatic carbocycles. The number of hydrogen-bond acceptors (Lipinski definition) is 1. The summed E-state index contributed by atoms with van der Waals surface area (Å²) in [4.78, 5) is 13.9. The molecule has 0 aromatic carbocycles. The first kappa shape index (κ1) is 16.8. The summed E-state index contributed by atoms with van der Waals surface area (Å²) >= 11 is 0. The molecule has 25 heavy (non-hydrogen) atoms. The third kappa shape index (κ3) is 1.75. The molecule has 0 N–H and O–H groups in total. The van der Waals surface area contributed by atoms with Crippen molar-refractivity contribution in [3.05, 3.63) is 0 Å². The number of fused-ring (bicyclic) bond motifs is 3. The summed E-state index contributed by atoms with van der Waals surface area (Å²) in [5.74, 6) is 5.82. The maximum Gasteiger partial charge on any atom is 0.143 e. The van der Waals surface area contributed by atoms with Crippen LogP contribution in [-0.4, -0.2) is 5.78 Å². The van der Waals surface area contributed by atoms with E-state index in [2.05, 4.69) is 34.6 Å². The average molecular weight is 343 g/mol. The molecule has 0 aromatic heterocycles. The minimum absolute atomic E-state index is 0.0874. The first-order valence-electron chi connectivity index (χ1n) is 11.3. The van der Waals surface area contributed by atoms with Gasteiger partial charge in [0, 0.05) is 11.3 Å². The quantitative estimate of drug-likeness (QED) is 0.561. The minimum Gasteiger partial charge on any atom is -0.299 e. The summed E-state index contributed by atoms with van der Waals surface area (Å²) in [7, 11) is 0. The molecule has 0 heterocycles. The van der Waals surface area contributed by atoms with E-state index in [4.69, 9.17) is 0 Å². The van der Waals surface area contributed by atoms with Crippen molar-refractivity contribution in [3.8, 4) is 0 Å². The molecule has 5 rings (SSSR count). The Hall–Kier alpha value is -0.330. The number of carbonyl (C=O) groups is 1. The standard InChI is InChI=1S/C24H38O/c1-14(2)16-7-9-22(4)13-20-17(12-19(16)22)21(25)24-11-6-15(3)18(24)8-10-23(20,24)5/h14-20H,6-13H2,1-5H3/t15-,16+,17-,18+,19+,20-,22-,23+,24+/m1/s1. The fourth-order valence-corrected chi connectivity index (χ4v) is 9.63. The summed E-state index contributed by atoms with van der Waals surface area (Å²) in [5.41, 5.74) is 0.936. The van der Waals surface area contributed by atoms with Crippen LogP contribution < -0.4 is 0 Å². The molecular weight excluding hydrogens is 304 g/mol. The Balaban J connectivity index is 1.55. The van der Waals surface area contributed by atoms with Gasteiger partial charge in [-0.3, -0.25) is 4.79 Å². The van der Waals surface area contributed by atoms with Crippen molar-refractivity contribution < 1.29 is 4.79 Å². The predicted octanol–water partition coefficient (Wildman–Crippen LogP) is 6.12. The molecule has 0 amide bonds. The van der Waals surface area contributed by atoms with Gasteiger partial charge in [-0.2, -0.15) is 0 Å². The van der Waals surface area contributed by atoms with E-state index in [1.165, 1.54) is 51.4 Å². The number of rotatable bonds is 1. The molecule has 140 valence electrons. The second-order valence-electron chi connectivity index (χ2n) is 11.8.